The van der Waals surface area contributed by atoms with Crippen LogP contribution < -0.4 is 11.2 Å². The molecule has 14 heavy (non-hydrogen) atoms. The van der Waals surface area contributed by atoms with Crippen molar-refractivity contribution in [2.45, 2.75) is 0 Å². The second-order valence-corrected chi connectivity index (χ2v) is 2.34. The van der Waals surface area contributed by atoms with E-state index in [0.717, 1.165) is 5.56 Å². The summed E-state index contributed by atoms with van der Waals surface area (Å²) in [5, 5.41) is 3.51. The van der Waals surface area contributed by atoms with Crippen LogP contribution in [0.3, 0.4) is 0 Å². The Hall–Kier alpha value is -2.24. The zero-order chi connectivity index (χ0) is 10.4. The molecule has 0 saturated carbocycles. The molecule has 1 heterocycles. The van der Waals surface area contributed by atoms with Crippen LogP contribution in [0.5, 0.6) is 0 Å². The number of hydrazone groups is 1. The lowest BCUT2D eigenvalue weighted by atomic mass is 10.3. The Morgan fingerprint density at radius 2 is 2.07 bits per heavy atom. The van der Waals surface area contributed by atoms with E-state index in [2.05, 4.69) is 15.8 Å². The van der Waals surface area contributed by atoms with E-state index in [1.807, 2.05) is 5.43 Å². The Morgan fingerprint density at radius 3 is 2.64 bits per heavy atom. The van der Waals surface area contributed by atoms with Gasteiger partial charge in [-0.05, 0) is 17.7 Å². The molecule has 72 valence electrons. The van der Waals surface area contributed by atoms with Crippen molar-refractivity contribution in [1.82, 2.24) is 10.4 Å². The number of carbonyl (C=O) groups excluding carboxylic acids is 2. The lowest BCUT2D eigenvalue weighted by Gasteiger charge is -1.93. The molecule has 0 aromatic carbocycles. The molecular formula is C8H8N4O2. The van der Waals surface area contributed by atoms with Gasteiger partial charge in [0.1, 0.15) is 0 Å². The van der Waals surface area contributed by atoms with Crippen LogP contribution in [0, 0.1) is 0 Å². The van der Waals surface area contributed by atoms with Gasteiger partial charge in [0.15, 0.2) is 0 Å². The number of nitrogens with one attached hydrogen (secondary N) is 1. The van der Waals surface area contributed by atoms with Crippen molar-refractivity contribution in [2.24, 2.45) is 10.8 Å². The third-order valence-electron chi connectivity index (χ3n) is 1.31. The highest BCUT2D eigenvalue weighted by Crippen LogP contribution is 1.89. The lowest BCUT2D eigenvalue weighted by Crippen LogP contribution is -2.32. The van der Waals surface area contributed by atoms with E-state index >= 15 is 0 Å². The highest BCUT2D eigenvalue weighted by molar-refractivity contribution is 6.34. The Balaban J connectivity index is 2.50. The minimum Gasteiger partial charge on any atom is -0.361 e. The summed E-state index contributed by atoms with van der Waals surface area (Å²) in [5.74, 6) is -2.02. The number of nitrogens with zero attached hydrogens (tertiary/aromatic N) is 2. The molecular weight excluding hydrogens is 184 g/mol. The minimum absolute atomic E-state index is 0.754. The maximum absolute atomic E-state index is 10.6. The SMILES string of the molecule is NC(=O)C(=O)N/N=C/c1ccncc1. The van der Waals surface area contributed by atoms with Crippen LogP contribution in [0.2, 0.25) is 0 Å². The van der Waals surface area contributed by atoms with Gasteiger partial charge >= 0.3 is 11.8 Å². The highest BCUT2D eigenvalue weighted by atomic mass is 16.2. The van der Waals surface area contributed by atoms with E-state index in [0.29, 0.717) is 0 Å². The van der Waals surface area contributed by atoms with Crippen molar-refractivity contribution in [3.05, 3.63) is 30.1 Å². The van der Waals surface area contributed by atoms with E-state index in [9.17, 15) is 9.59 Å². The average Bonchev–Trinajstić information content (AvgIpc) is 2.19. The largest absolute Gasteiger partial charge is 0.361 e. The molecule has 0 aliphatic heterocycles. The molecule has 0 radical (unpaired) electrons. The van der Waals surface area contributed by atoms with Crippen molar-refractivity contribution in [1.29, 1.82) is 0 Å². The van der Waals surface area contributed by atoms with E-state index in [1.54, 1.807) is 24.5 Å². The van der Waals surface area contributed by atoms with Gasteiger partial charge in [0.05, 0.1) is 6.21 Å². The molecule has 0 atom stereocenters. The van der Waals surface area contributed by atoms with Gasteiger partial charge < -0.3 is 5.73 Å². The van der Waals surface area contributed by atoms with Gasteiger partial charge in [-0.15, -0.1) is 0 Å². The molecule has 0 bridgehead atoms. The van der Waals surface area contributed by atoms with Gasteiger partial charge in [-0.1, -0.05) is 0 Å². The second-order valence-electron chi connectivity index (χ2n) is 2.34. The zero-order valence-corrected chi connectivity index (χ0v) is 7.18. The standard InChI is InChI=1S/C8H8N4O2/c9-7(13)8(14)12-11-5-6-1-3-10-4-2-6/h1-5H,(H2,9,13)(H,12,14)/b11-5+. The Morgan fingerprint density at radius 1 is 1.43 bits per heavy atom. The molecule has 0 aliphatic rings. The minimum atomic E-state index is -1.07. The van der Waals surface area contributed by atoms with Gasteiger partial charge in [0.2, 0.25) is 0 Å². The molecule has 1 rings (SSSR count). The number of hydrogen-bond acceptors (Lipinski definition) is 4. The molecule has 0 aliphatic carbocycles. The Bertz CT molecular complexity index is 361. The van der Waals surface area contributed by atoms with Crippen LogP contribution in [-0.2, 0) is 9.59 Å². The summed E-state index contributed by atoms with van der Waals surface area (Å²) in [7, 11) is 0. The van der Waals surface area contributed by atoms with Crippen LogP contribution in [-0.4, -0.2) is 23.0 Å². The predicted molar refractivity (Wildman–Crippen MR) is 49.2 cm³/mol. The smallest absolute Gasteiger partial charge is 0.329 e. The third kappa shape index (κ3) is 3.02. The number of amides is 2. The van der Waals surface area contributed by atoms with Crippen molar-refractivity contribution >= 4 is 18.0 Å². The fraction of sp³-hybridized carbons (Fsp3) is 0. The fourth-order valence-electron chi connectivity index (χ4n) is 0.670. The molecule has 0 unspecified atom stereocenters. The van der Waals surface area contributed by atoms with Crippen molar-refractivity contribution in [3.8, 4) is 0 Å². The lowest BCUT2D eigenvalue weighted by molar-refractivity contribution is -0.137. The van der Waals surface area contributed by atoms with Crippen molar-refractivity contribution < 1.29 is 9.59 Å². The first-order chi connectivity index (χ1) is 6.70. The van der Waals surface area contributed by atoms with Crippen LogP contribution in [0.15, 0.2) is 29.6 Å². The van der Waals surface area contributed by atoms with Gasteiger partial charge in [0.25, 0.3) is 0 Å². The summed E-state index contributed by atoms with van der Waals surface area (Å²) in [6.07, 6.45) is 4.54. The van der Waals surface area contributed by atoms with E-state index in [-0.39, 0.29) is 0 Å². The number of hydrogen-bond donors (Lipinski definition) is 2. The summed E-state index contributed by atoms with van der Waals surface area (Å²) in [6.45, 7) is 0. The van der Waals surface area contributed by atoms with Gasteiger partial charge in [0, 0.05) is 12.4 Å². The average molecular weight is 192 g/mol. The molecule has 0 fully saturated rings. The van der Waals surface area contributed by atoms with Gasteiger partial charge in [-0.25, -0.2) is 5.43 Å². The molecule has 2 amide bonds. The Kier molecular flexibility index (Phi) is 3.31. The first kappa shape index (κ1) is 9.85. The van der Waals surface area contributed by atoms with Crippen LogP contribution in [0.4, 0.5) is 0 Å². The molecule has 6 nitrogen and oxygen atoms in total. The maximum Gasteiger partial charge on any atom is 0.329 e. The van der Waals surface area contributed by atoms with Crippen LogP contribution in [0.25, 0.3) is 0 Å². The number of rotatable bonds is 2. The maximum atomic E-state index is 10.6. The fourth-order valence-corrected chi connectivity index (χ4v) is 0.670. The van der Waals surface area contributed by atoms with Gasteiger partial charge in [-0.2, -0.15) is 5.10 Å². The van der Waals surface area contributed by atoms with Crippen LogP contribution >= 0.6 is 0 Å². The quantitative estimate of drug-likeness (QED) is 0.358. The summed E-state index contributed by atoms with van der Waals surface area (Å²) in [5.41, 5.74) is 7.40. The van der Waals surface area contributed by atoms with E-state index < -0.39 is 11.8 Å². The van der Waals surface area contributed by atoms with Crippen molar-refractivity contribution in [2.75, 3.05) is 0 Å². The summed E-state index contributed by atoms with van der Waals surface area (Å²) in [4.78, 5) is 24.7. The summed E-state index contributed by atoms with van der Waals surface area (Å²) in [6, 6.07) is 3.39. The number of nitrogens with two attached hydrogens (primary N) is 1. The number of aromatic nitrogens is 1. The summed E-state index contributed by atoms with van der Waals surface area (Å²) < 4.78 is 0. The first-order valence-electron chi connectivity index (χ1n) is 3.73. The summed E-state index contributed by atoms with van der Waals surface area (Å²) >= 11 is 0. The number of carbonyl (C=O) groups is 2. The first-order valence-corrected chi connectivity index (χ1v) is 3.73. The third-order valence-corrected chi connectivity index (χ3v) is 1.31. The normalized spacial score (nSPS) is 10.0. The van der Waals surface area contributed by atoms with E-state index in [1.165, 1.54) is 6.21 Å². The highest BCUT2D eigenvalue weighted by Gasteiger charge is 2.04. The number of primary amides is 1. The molecule has 3 N–H and O–H groups in total. The molecule has 1 aromatic heterocycles. The predicted octanol–water partition coefficient (Wildman–Crippen LogP) is -0.983. The zero-order valence-electron chi connectivity index (χ0n) is 7.18. The Labute approximate surface area is 79.8 Å². The molecule has 0 saturated heterocycles. The molecule has 6 heteroatoms. The topological polar surface area (TPSA) is 97.4 Å². The molecule has 0 spiro atoms. The molecule has 1 aromatic rings. The second kappa shape index (κ2) is 4.70. The number of pyridine rings is 1. The monoisotopic (exact) mass is 192 g/mol. The van der Waals surface area contributed by atoms with Crippen LogP contribution in [0.1, 0.15) is 5.56 Å². The van der Waals surface area contributed by atoms with Gasteiger partial charge in [-0.3, -0.25) is 14.6 Å². The van der Waals surface area contributed by atoms with Crippen molar-refractivity contribution in [3.63, 3.8) is 0 Å². The van der Waals surface area contributed by atoms with E-state index in [4.69, 9.17) is 0 Å².